The van der Waals surface area contributed by atoms with Gasteiger partial charge in [0.05, 0.1) is 12.2 Å². The van der Waals surface area contributed by atoms with Crippen molar-refractivity contribution in [2.75, 3.05) is 11.9 Å². The van der Waals surface area contributed by atoms with Gasteiger partial charge in [0.1, 0.15) is 12.4 Å². The van der Waals surface area contributed by atoms with E-state index in [4.69, 9.17) is 0 Å². The van der Waals surface area contributed by atoms with Gasteiger partial charge in [-0.05, 0) is 25.0 Å². The first-order valence-corrected chi connectivity index (χ1v) is 8.73. The maximum atomic E-state index is 13.5. The van der Waals surface area contributed by atoms with Crippen LogP contribution in [0.25, 0.3) is 0 Å². The minimum atomic E-state index is -1.71. The van der Waals surface area contributed by atoms with Crippen molar-refractivity contribution in [2.45, 2.75) is 38.8 Å². The van der Waals surface area contributed by atoms with Crippen LogP contribution in [0.1, 0.15) is 25.1 Å². The summed E-state index contributed by atoms with van der Waals surface area (Å²) in [6.07, 6.45) is 3.46. The first-order chi connectivity index (χ1) is 13.4. The smallest absolute Gasteiger partial charge is 0.345 e. The molecule has 150 valence electrons. The van der Waals surface area contributed by atoms with Crippen molar-refractivity contribution in [1.29, 1.82) is 0 Å². The van der Waals surface area contributed by atoms with Crippen LogP contribution >= 0.6 is 0 Å². The Morgan fingerprint density at radius 1 is 1.07 bits per heavy atom. The Morgan fingerprint density at radius 2 is 1.86 bits per heavy atom. The fourth-order valence-corrected chi connectivity index (χ4v) is 2.92. The van der Waals surface area contributed by atoms with E-state index in [0.717, 1.165) is 30.0 Å². The molecule has 2 N–H and O–H groups in total. The van der Waals surface area contributed by atoms with E-state index in [1.165, 1.54) is 0 Å². The van der Waals surface area contributed by atoms with Gasteiger partial charge in [0.2, 0.25) is 11.8 Å². The van der Waals surface area contributed by atoms with Crippen molar-refractivity contribution in [3.05, 3.63) is 45.9 Å². The average Bonchev–Trinajstić information content (AvgIpc) is 2.84. The summed E-state index contributed by atoms with van der Waals surface area (Å²) < 4.78 is 42.1. The summed E-state index contributed by atoms with van der Waals surface area (Å²) in [5.74, 6) is -5.48. The standard InChI is InChI=1S/C17H18F3N5O3/c18-10-5-6-11(16(20)15(10)19)22-13(26)8-21-14(27)9-25-17(28)24-7-3-1-2-4-12(24)23-25/h5-6H,1-4,7-9H2,(H,21,27)(H,22,26). The van der Waals surface area contributed by atoms with Crippen LogP contribution in [0.2, 0.25) is 0 Å². The number of aromatic nitrogens is 3. The van der Waals surface area contributed by atoms with Crippen molar-refractivity contribution in [3.8, 4) is 0 Å². The predicted octanol–water partition coefficient (Wildman–Crippen LogP) is 0.943. The molecule has 1 aromatic carbocycles. The monoisotopic (exact) mass is 397 g/mol. The largest absolute Gasteiger partial charge is 0.346 e. The van der Waals surface area contributed by atoms with Gasteiger partial charge in [-0.2, -0.15) is 5.10 Å². The summed E-state index contributed by atoms with van der Waals surface area (Å²) in [6.45, 7) is -0.358. The lowest BCUT2D eigenvalue weighted by molar-refractivity contribution is -0.124. The van der Waals surface area contributed by atoms with Gasteiger partial charge in [0.25, 0.3) is 0 Å². The van der Waals surface area contributed by atoms with Gasteiger partial charge in [-0.3, -0.25) is 14.2 Å². The molecule has 0 unspecified atom stereocenters. The summed E-state index contributed by atoms with van der Waals surface area (Å²) in [6, 6.07) is 1.53. The summed E-state index contributed by atoms with van der Waals surface area (Å²) in [4.78, 5) is 36.0. The van der Waals surface area contributed by atoms with Gasteiger partial charge in [-0.1, -0.05) is 6.42 Å². The number of hydrogen-bond acceptors (Lipinski definition) is 4. The third-order valence-corrected chi connectivity index (χ3v) is 4.33. The number of carbonyl (C=O) groups excluding carboxylic acids is 2. The van der Waals surface area contributed by atoms with E-state index >= 15 is 0 Å². The lowest BCUT2D eigenvalue weighted by Gasteiger charge is -2.08. The van der Waals surface area contributed by atoms with E-state index < -0.39 is 41.5 Å². The molecule has 1 aromatic heterocycles. The highest BCUT2D eigenvalue weighted by atomic mass is 19.2. The van der Waals surface area contributed by atoms with Crippen molar-refractivity contribution >= 4 is 17.5 Å². The zero-order chi connectivity index (χ0) is 20.3. The fraction of sp³-hybridized carbons (Fsp3) is 0.412. The molecule has 0 atom stereocenters. The molecule has 3 rings (SSSR count). The van der Waals surface area contributed by atoms with Crippen LogP contribution in [-0.2, 0) is 29.1 Å². The minimum absolute atomic E-state index is 0.369. The second kappa shape index (κ2) is 8.28. The Hall–Kier alpha value is -3.11. The maximum absolute atomic E-state index is 13.5. The van der Waals surface area contributed by atoms with Crippen molar-refractivity contribution < 1.29 is 22.8 Å². The Labute approximate surface area is 157 Å². The number of carbonyl (C=O) groups is 2. The van der Waals surface area contributed by atoms with E-state index in [9.17, 15) is 27.6 Å². The molecule has 0 bridgehead atoms. The summed E-state index contributed by atoms with van der Waals surface area (Å²) in [5, 5.41) is 8.45. The van der Waals surface area contributed by atoms with Crippen LogP contribution in [0.15, 0.2) is 16.9 Å². The number of nitrogens with zero attached hydrogens (tertiary/aromatic N) is 3. The van der Waals surface area contributed by atoms with Crippen molar-refractivity contribution in [3.63, 3.8) is 0 Å². The summed E-state index contributed by atoms with van der Waals surface area (Å²) in [7, 11) is 0. The van der Waals surface area contributed by atoms with E-state index in [2.05, 4.69) is 10.4 Å². The van der Waals surface area contributed by atoms with Crippen LogP contribution in [0.3, 0.4) is 0 Å². The van der Waals surface area contributed by atoms with Gasteiger partial charge in [0, 0.05) is 13.0 Å². The summed E-state index contributed by atoms with van der Waals surface area (Å²) in [5.41, 5.74) is -0.937. The van der Waals surface area contributed by atoms with Crippen LogP contribution < -0.4 is 16.3 Å². The Balaban J connectivity index is 1.55. The topological polar surface area (TPSA) is 98.0 Å². The third kappa shape index (κ3) is 4.24. The SMILES string of the molecule is O=C(Cn1nc2n(c1=O)CCCCC2)NCC(=O)Nc1ccc(F)c(F)c1F. The highest BCUT2D eigenvalue weighted by molar-refractivity contribution is 5.94. The molecule has 2 amide bonds. The first-order valence-electron chi connectivity index (χ1n) is 8.73. The lowest BCUT2D eigenvalue weighted by Crippen LogP contribution is -2.37. The van der Waals surface area contributed by atoms with Crippen LogP contribution in [-0.4, -0.2) is 32.7 Å². The molecule has 8 nitrogen and oxygen atoms in total. The lowest BCUT2D eigenvalue weighted by atomic mass is 10.2. The van der Waals surface area contributed by atoms with E-state index in [1.807, 2.05) is 5.32 Å². The number of rotatable bonds is 5. The molecule has 0 fully saturated rings. The molecule has 0 aliphatic carbocycles. The molecule has 2 heterocycles. The molecule has 0 saturated heterocycles. The van der Waals surface area contributed by atoms with Crippen molar-refractivity contribution in [1.82, 2.24) is 19.7 Å². The second-order valence-corrected chi connectivity index (χ2v) is 6.37. The molecule has 0 spiro atoms. The normalized spacial score (nSPS) is 13.5. The van der Waals surface area contributed by atoms with Gasteiger partial charge in [-0.25, -0.2) is 22.6 Å². The number of amides is 2. The molecule has 0 saturated carbocycles. The molecular formula is C17H18F3N5O3. The predicted molar refractivity (Wildman–Crippen MR) is 92.0 cm³/mol. The van der Waals surface area contributed by atoms with Crippen LogP contribution in [0.4, 0.5) is 18.9 Å². The Bertz CT molecular complexity index is 970. The molecule has 1 aliphatic heterocycles. The van der Waals surface area contributed by atoms with Gasteiger partial charge < -0.3 is 10.6 Å². The van der Waals surface area contributed by atoms with Gasteiger partial charge in [-0.15, -0.1) is 0 Å². The number of nitrogens with one attached hydrogen (secondary N) is 2. The number of aryl methyl sites for hydroxylation is 1. The fourth-order valence-electron chi connectivity index (χ4n) is 2.92. The average molecular weight is 397 g/mol. The molecule has 28 heavy (non-hydrogen) atoms. The highest BCUT2D eigenvalue weighted by Gasteiger charge is 2.18. The number of hydrogen-bond donors (Lipinski definition) is 2. The zero-order valence-electron chi connectivity index (χ0n) is 14.8. The third-order valence-electron chi connectivity index (χ3n) is 4.33. The Kier molecular flexibility index (Phi) is 5.81. The first kappa shape index (κ1) is 19.6. The second-order valence-electron chi connectivity index (χ2n) is 6.37. The molecule has 0 radical (unpaired) electrons. The zero-order valence-corrected chi connectivity index (χ0v) is 14.8. The van der Waals surface area contributed by atoms with Crippen molar-refractivity contribution in [2.24, 2.45) is 0 Å². The van der Waals surface area contributed by atoms with Crippen LogP contribution in [0.5, 0.6) is 0 Å². The number of halogens is 3. The van der Waals surface area contributed by atoms with E-state index in [0.29, 0.717) is 24.9 Å². The van der Waals surface area contributed by atoms with E-state index in [-0.39, 0.29) is 12.2 Å². The molecule has 2 aromatic rings. The Morgan fingerprint density at radius 3 is 2.64 bits per heavy atom. The number of benzene rings is 1. The molecule has 11 heteroatoms. The minimum Gasteiger partial charge on any atom is -0.345 e. The quantitative estimate of drug-likeness (QED) is 0.734. The van der Waals surface area contributed by atoms with E-state index in [1.54, 1.807) is 4.57 Å². The van der Waals surface area contributed by atoms with Gasteiger partial charge >= 0.3 is 5.69 Å². The van der Waals surface area contributed by atoms with Crippen LogP contribution in [0, 0.1) is 17.5 Å². The number of fused-ring (bicyclic) bond motifs is 1. The number of anilines is 1. The van der Waals surface area contributed by atoms with Gasteiger partial charge in [0.15, 0.2) is 17.5 Å². The molecular weight excluding hydrogens is 379 g/mol. The summed E-state index contributed by atoms with van der Waals surface area (Å²) >= 11 is 0. The highest BCUT2D eigenvalue weighted by Crippen LogP contribution is 2.19. The maximum Gasteiger partial charge on any atom is 0.346 e. The molecule has 1 aliphatic rings.